The number of hydrogen-bond acceptors (Lipinski definition) is 6. The van der Waals surface area contributed by atoms with E-state index in [1.807, 2.05) is 54.6 Å². The molecule has 4 aromatic rings. The number of nitrogens with one attached hydrogen (secondary N) is 3. The lowest BCUT2D eigenvalue weighted by molar-refractivity contribution is -0.130. The Morgan fingerprint density at radius 2 is 1.34 bits per heavy atom. The number of nitrogens with two attached hydrogens (primary N) is 3. The zero-order chi connectivity index (χ0) is 33.4. The molecular weight excluding hydrogens is 594 g/mol. The minimum Gasteiger partial charge on any atom is -0.489 e. The van der Waals surface area contributed by atoms with Crippen LogP contribution < -0.4 is 37.9 Å². The highest BCUT2D eigenvalue weighted by molar-refractivity contribution is 5.98. The smallest absolute Gasteiger partial charge is 0.251 e. The summed E-state index contributed by atoms with van der Waals surface area (Å²) in [4.78, 5) is 44.1. The van der Waals surface area contributed by atoms with Crippen molar-refractivity contribution in [3.63, 3.8) is 0 Å². The molecule has 0 fully saturated rings. The van der Waals surface area contributed by atoms with E-state index in [1.54, 1.807) is 54.6 Å². The topological polar surface area (TPSA) is 187 Å². The van der Waals surface area contributed by atoms with Gasteiger partial charge in [-0.25, -0.2) is 0 Å². The standard InChI is InChI=1S/C36H41N7O4/c37-29-17-13-25(14-18-29)22-32(34(45)41-23-26-15-19-30(20-16-26)47-24-27-8-3-1-4-9-27)43-35(46)31(12-7-21-40-36(38)39)42-33(44)28-10-5-2-6-11-28/h1-6,8-11,13-20,31-32H,7,12,21-24,37H2,(H,41,45)(H,42,44)(H,43,46)(H4,38,39,40)/t31-,32+/m0/s1. The molecule has 0 heterocycles. The molecule has 0 saturated heterocycles. The molecule has 4 rings (SSSR count). The Morgan fingerprint density at radius 3 is 2.00 bits per heavy atom. The zero-order valence-electron chi connectivity index (χ0n) is 26.1. The van der Waals surface area contributed by atoms with Gasteiger partial charge >= 0.3 is 0 Å². The molecule has 0 spiro atoms. The first kappa shape index (κ1) is 34.0. The van der Waals surface area contributed by atoms with Crippen LogP contribution in [0.2, 0.25) is 0 Å². The molecule has 0 aliphatic rings. The third-order valence-electron chi connectivity index (χ3n) is 7.29. The van der Waals surface area contributed by atoms with Crippen molar-refractivity contribution in [3.8, 4) is 5.75 Å². The average molecular weight is 636 g/mol. The molecule has 11 heteroatoms. The largest absolute Gasteiger partial charge is 0.489 e. The fourth-order valence-corrected chi connectivity index (χ4v) is 4.73. The zero-order valence-corrected chi connectivity index (χ0v) is 26.1. The van der Waals surface area contributed by atoms with Gasteiger partial charge < -0.3 is 37.9 Å². The Hall–Kier alpha value is -5.84. The first-order chi connectivity index (χ1) is 22.8. The van der Waals surface area contributed by atoms with E-state index in [4.69, 9.17) is 21.9 Å². The number of hydrogen-bond donors (Lipinski definition) is 6. The lowest BCUT2D eigenvalue weighted by Gasteiger charge is -2.23. The number of nitrogen functional groups attached to an aromatic ring is 1. The Labute approximate surface area is 274 Å². The van der Waals surface area contributed by atoms with Crippen LogP contribution in [0.1, 0.15) is 39.9 Å². The van der Waals surface area contributed by atoms with Crippen LogP contribution >= 0.6 is 0 Å². The van der Waals surface area contributed by atoms with Gasteiger partial charge in [-0.15, -0.1) is 0 Å². The molecule has 0 aliphatic heterocycles. The van der Waals surface area contributed by atoms with Gasteiger partial charge in [0.15, 0.2) is 5.96 Å². The highest BCUT2D eigenvalue weighted by Gasteiger charge is 2.27. The number of nitrogens with zero attached hydrogens (tertiary/aromatic N) is 1. The van der Waals surface area contributed by atoms with Gasteiger partial charge in [-0.3, -0.25) is 19.4 Å². The van der Waals surface area contributed by atoms with Crippen molar-refractivity contribution >= 4 is 29.4 Å². The SMILES string of the molecule is NC(N)=NCCC[C@H](NC(=O)c1ccccc1)C(=O)N[C@H](Cc1ccc(N)cc1)C(=O)NCc1ccc(OCc2ccccc2)cc1. The molecule has 0 aromatic heterocycles. The van der Waals surface area contributed by atoms with Crippen LogP contribution in [0.5, 0.6) is 5.75 Å². The predicted molar refractivity (Wildman–Crippen MR) is 183 cm³/mol. The molecular formula is C36H41N7O4. The molecule has 0 unspecified atom stereocenters. The highest BCUT2D eigenvalue weighted by Crippen LogP contribution is 2.15. The Kier molecular flexibility index (Phi) is 12.7. The third-order valence-corrected chi connectivity index (χ3v) is 7.29. The Bertz CT molecular complexity index is 1610. The molecule has 3 amide bonds. The van der Waals surface area contributed by atoms with Crippen molar-refractivity contribution in [2.24, 2.45) is 16.5 Å². The maximum absolute atomic E-state index is 13.6. The number of benzene rings is 4. The Morgan fingerprint density at radius 1 is 0.702 bits per heavy atom. The van der Waals surface area contributed by atoms with Crippen molar-refractivity contribution < 1.29 is 19.1 Å². The molecule has 4 aromatic carbocycles. The summed E-state index contributed by atoms with van der Waals surface area (Å²) >= 11 is 0. The summed E-state index contributed by atoms with van der Waals surface area (Å²) in [7, 11) is 0. The van der Waals surface area contributed by atoms with E-state index in [2.05, 4.69) is 20.9 Å². The summed E-state index contributed by atoms with van der Waals surface area (Å²) in [5.74, 6) is -0.652. The van der Waals surface area contributed by atoms with Gasteiger partial charge in [0.25, 0.3) is 5.91 Å². The summed E-state index contributed by atoms with van der Waals surface area (Å²) in [6.07, 6.45) is 0.874. The van der Waals surface area contributed by atoms with Crippen molar-refractivity contribution in [2.45, 2.75) is 44.5 Å². The summed E-state index contributed by atoms with van der Waals surface area (Å²) in [6.45, 7) is 0.960. The minimum atomic E-state index is -0.943. The Balaban J connectivity index is 1.43. The third kappa shape index (κ3) is 11.5. The van der Waals surface area contributed by atoms with Gasteiger partial charge in [-0.2, -0.15) is 0 Å². The summed E-state index contributed by atoms with van der Waals surface area (Å²) in [5, 5.41) is 8.59. The number of amides is 3. The second-order valence-corrected chi connectivity index (χ2v) is 11.0. The van der Waals surface area contributed by atoms with Crippen LogP contribution in [0, 0.1) is 0 Å². The second-order valence-electron chi connectivity index (χ2n) is 11.0. The van der Waals surface area contributed by atoms with Gasteiger partial charge in [0.05, 0.1) is 0 Å². The highest BCUT2D eigenvalue weighted by atomic mass is 16.5. The van der Waals surface area contributed by atoms with Crippen molar-refractivity contribution in [1.82, 2.24) is 16.0 Å². The first-order valence-electron chi connectivity index (χ1n) is 15.4. The lowest BCUT2D eigenvalue weighted by atomic mass is 10.0. The van der Waals surface area contributed by atoms with Crippen LogP contribution in [0.15, 0.2) is 114 Å². The summed E-state index contributed by atoms with van der Waals surface area (Å²) in [5.41, 5.74) is 20.5. The maximum Gasteiger partial charge on any atom is 0.251 e. The fourth-order valence-electron chi connectivity index (χ4n) is 4.73. The molecule has 0 radical (unpaired) electrons. The number of carbonyl (C=O) groups is 3. The molecule has 0 bridgehead atoms. The van der Waals surface area contributed by atoms with E-state index >= 15 is 0 Å². The van der Waals surface area contributed by atoms with E-state index in [9.17, 15) is 14.4 Å². The summed E-state index contributed by atoms with van der Waals surface area (Å²) < 4.78 is 5.86. The van der Waals surface area contributed by atoms with Crippen molar-refractivity contribution in [1.29, 1.82) is 0 Å². The van der Waals surface area contributed by atoms with Crippen LogP contribution in [0.4, 0.5) is 5.69 Å². The lowest BCUT2D eigenvalue weighted by Crippen LogP contribution is -2.54. The first-order valence-corrected chi connectivity index (χ1v) is 15.4. The number of rotatable bonds is 16. The van der Waals surface area contributed by atoms with Crippen molar-refractivity contribution in [2.75, 3.05) is 12.3 Å². The monoisotopic (exact) mass is 635 g/mol. The molecule has 47 heavy (non-hydrogen) atoms. The fraction of sp³-hybridized carbons (Fsp3) is 0.222. The molecule has 2 atom stereocenters. The number of guanidine groups is 1. The maximum atomic E-state index is 13.6. The molecule has 244 valence electrons. The molecule has 0 aliphatic carbocycles. The van der Waals surface area contributed by atoms with Crippen LogP contribution in [-0.2, 0) is 29.2 Å². The second kappa shape index (κ2) is 17.6. The van der Waals surface area contributed by atoms with E-state index in [0.29, 0.717) is 30.0 Å². The van der Waals surface area contributed by atoms with Crippen LogP contribution in [-0.4, -0.2) is 42.3 Å². The average Bonchev–Trinajstić information content (AvgIpc) is 3.09. The number of anilines is 1. The number of carbonyl (C=O) groups excluding carboxylic acids is 3. The van der Waals surface area contributed by atoms with E-state index in [1.165, 1.54) is 0 Å². The normalized spacial score (nSPS) is 11.8. The van der Waals surface area contributed by atoms with Crippen molar-refractivity contribution in [3.05, 3.63) is 131 Å². The molecule has 11 nitrogen and oxygen atoms in total. The van der Waals surface area contributed by atoms with Gasteiger partial charge in [0, 0.05) is 30.8 Å². The number of ether oxygens (including phenoxy) is 1. The molecule has 9 N–H and O–H groups in total. The van der Waals surface area contributed by atoms with Gasteiger partial charge in [-0.1, -0.05) is 72.8 Å². The molecule has 0 saturated carbocycles. The predicted octanol–water partition coefficient (Wildman–Crippen LogP) is 3.04. The van der Waals surface area contributed by atoms with Gasteiger partial charge in [-0.05, 0) is 65.9 Å². The van der Waals surface area contributed by atoms with E-state index < -0.39 is 23.9 Å². The quantitative estimate of drug-likeness (QED) is 0.0472. The van der Waals surface area contributed by atoms with Crippen LogP contribution in [0.25, 0.3) is 0 Å². The minimum absolute atomic E-state index is 0.0612. The van der Waals surface area contributed by atoms with E-state index in [-0.39, 0.29) is 37.8 Å². The summed E-state index contributed by atoms with van der Waals surface area (Å²) in [6, 6.07) is 31.1. The van der Waals surface area contributed by atoms with E-state index in [0.717, 1.165) is 16.7 Å². The van der Waals surface area contributed by atoms with Crippen LogP contribution in [0.3, 0.4) is 0 Å². The van der Waals surface area contributed by atoms with Gasteiger partial charge in [0.2, 0.25) is 11.8 Å². The number of aliphatic imine (C=N–C) groups is 1. The van der Waals surface area contributed by atoms with Gasteiger partial charge in [0.1, 0.15) is 24.4 Å².